The summed E-state index contributed by atoms with van der Waals surface area (Å²) >= 11 is 0. The van der Waals surface area contributed by atoms with Crippen LogP contribution in [0, 0.1) is 0 Å². The molecule has 1 aromatic heterocycles. The minimum Gasteiger partial charge on any atom is -0.361 e. The standard InChI is InChI=1S/C15H18N2O2/c1-3-12(17-14(18)15(2)9-19-15)11-6-4-5-10-7-8-16-13(10)11/h4-8,12,16H,3,9H2,1-2H3,(H,17,18). The van der Waals surface area contributed by atoms with Crippen molar-refractivity contribution in [1.82, 2.24) is 10.3 Å². The molecule has 2 atom stereocenters. The summed E-state index contributed by atoms with van der Waals surface area (Å²) in [5, 5.41) is 4.25. The Morgan fingerprint density at radius 3 is 3.00 bits per heavy atom. The third-order valence-corrected chi connectivity index (χ3v) is 3.77. The van der Waals surface area contributed by atoms with E-state index in [9.17, 15) is 4.79 Å². The Morgan fingerprint density at radius 2 is 2.32 bits per heavy atom. The average Bonchev–Trinajstić information content (AvgIpc) is 3.00. The predicted molar refractivity (Wildman–Crippen MR) is 73.8 cm³/mol. The van der Waals surface area contributed by atoms with Crippen LogP contribution >= 0.6 is 0 Å². The largest absolute Gasteiger partial charge is 0.361 e. The number of H-pyrrole nitrogens is 1. The fourth-order valence-electron chi connectivity index (χ4n) is 2.35. The molecule has 3 rings (SSSR count). The van der Waals surface area contributed by atoms with Gasteiger partial charge in [-0.1, -0.05) is 25.1 Å². The van der Waals surface area contributed by atoms with Crippen molar-refractivity contribution in [2.24, 2.45) is 0 Å². The number of aromatic amines is 1. The first kappa shape index (κ1) is 12.2. The smallest absolute Gasteiger partial charge is 0.254 e. The van der Waals surface area contributed by atoms with E-state index >= 15 is 0 Å². The highest BCUT2D eigenvalue weighted by Gasteiger charge is 2.47. The lowest BCUT2D eigenvalue weighted by atomic mass is 10.0. The zero-order valence-electron chi connectivity index (χ0n) is 11.2. The van der Waals surface area contributed by atoms with E-state index in [0.717, 1.165) is 17.5 Å². The van der Waals surface area contributed by atoms with Crippen LogP contribution in [0.1, 0.15) is 31.9 Å². The summed E-state index contributed by atoms with van der Waals surface area (Å²) in [6, 6.07) is 8.20. The van der Waals surface area contributed by atoms with Crippen molar-refractivity contribution in [1.29, 1.82) is 0 Å². The van der Waals surface area contributed by atoms with E-state index < -0.39 is 5.60 Å². The summed E-state index contributed by atoms with van der Waals surface area (Å²) in [5.74, 6) is -0.0251. The number of hydrogen-bond donors (Lipinski definition) is 2. The Balaban J connectivity index is 1.89. The molecule has 0 spiro atoms. The van der Waals surface area contributed by atoms with E-state index in [1.54, 1.807) is 0 Å². The van der Waals surface area contributed by atoms with Gasteiger partial charge in [-0.15, -0.1) is 0 Å². The second-order valence-corrected chi connectivity index (χ2v) is 5.24. The minimum absolute atomic E-state index is 0.0101. The highest BCUT2D eigenvalue weighted by molar-refractivity contribution is 5.88. The quantitative estimate of drug-likeness (QED) is 0.828. The molecule has 2 unspecified atom stereocenters. The van der Waals surface area contributed by atoms with Crippen LogP contribution in [0.2, 0.25) is 0 Å². The Morgan fingerprint density at radius 1 is 1.53 bits per heavy atom. The molecule has 19 heavy (non-hydrogen) atoms. The monoisotopic (exact) mass is 258 g/mol. The molecule has 2 aromatic rings. The van der Waals surface area contributed by atoms with Gasteiger partial charge in [-0.05, 0) is 30.4 Å². The van der Waals surface area contributed by atoms with Crippen LogP contribution in [0.3, 0.4) is 0 Å². The summed E-state index contributed by atoms with van der Waals surface area (Å²) < 4.78 is 5.19. The number of epoxide rings is 1. The highest BCUT2D eigenvalue weighted by atomic mass is 16.6. The van der Waals surface area contributed by atoms with Crippen molar-refractivity contribution in [3.63, 3.8) is 0 Å². The normalized spacial score (nSPS) is 23.3. The zero-order chi connectivity index (χ0) is 13.5. The molecule has 2 heterocycles. The Kier molecular flexibility index (Phi) is 2.82. The van der Waals surface area contributed by atoms with Crippen molar-refractivity contribution in [3.05, 3.63) is 36.0 Å². The van der Waals surface area contributed by atoms with Crippen LogP contribution in [0.25, 0.3) is 10.9 Å². The van der Waals surface area contributed by atoms with Gasteiger partial charge in [-0.3, -0.25) is 4.79 Å². The number of fused-ring (bicyclic) bond motifs is 1. The molecule has 4 nitrogen and oxygen atoms in total. The van der Waals surface area contributed by atoms with Crippen molar-refractivity contribution in [2.75, 3.05) is 6.61 Å². The number of rotatable bonds is 4. The SMILES string of the molecule is CCC(NC(=O)C1(C)CO1)c1cccc2cc[nH]c12. The topological polar surface area (TPSA) is 57.4 Å². The van der Waals surface area contributed by atoms with Gasteiger partial charge in [0.05, 0.1) is 18.2 Å². The first-order valence-electron chi connectivity index (χ1n) is 6.65. The second-order valence-electron chi connectivity index (χ2n) is 5.24. The van der Waals surface area contributed by atoms with Gasteiger partial charge in [0.15, 0.2) is 5.60 Å². The van der Waals surface area contributed by atoms with Crippen LogP contribution in [-0.2, 0) is 9.53 Å². The maximum Gasteiger partial charge on any atom is 0.254 e. The maximum atomic E-state index is 12.1. The number of ether oxygens (including phenoxy) is 1. The lowest BCUT2D eigenvalue weighted by Gasteiger charge is -2.19. The van der Waals surface area contributed by atoms with Crippen molar-refractivity contribution in [3.8, 4) is 0 Å². The molecule has 1 aromatic carbocycles. The molecule has 0 saturated carbocycles. The van der Waals surface area contributed by atoms with Gasteiger partial charge in [-0.2, -0.15) is 0 Å². The number of nitrogens with one attached hydrogen (secondary N) is 2. The molecule has 1 aliphatic rings. The summed E-state index contributed by atoms with van der Waals surface area (Å²) in [4.78, 5) is 15.3. The van der Waals surface area contributed by atoms with E-state index in [1.165, 1.54) is 5.39 Å². The van der Waals surface area contributed by atoms with Crippen molar-refractivity contribution >= 4 is 16.8 Å². The summed E-state index contributed by atoms with van der Waals surface area (Å²) in [7, 11) is 0. The third kappa shape index (κ3) is 2.12. The van der Waals surface area contributed by atoms with Gasteiger partial charge in [-0.25, -0.2) is 0 Å². The number of carbonyl (C=O) groups is 1. The van der Waals surface area contributed by atoms with Crippen LogP contribution < -0.4 is 5.32 Å². The van der Waals surface area contributed by atoms with Gasteiger partial charge in [0.25, 0.3) is 5.91 Å². The van der Waals surface area contributed by atoms with E-state index in [2.05, 4.69) is 29.4 Å². The van der Waals surface area contributed by atoms with Crippen LogP contribution in [-0.4, -0.2) is 23.1 Å². The highest BCUT2D eigenvalue weighted by Crippen LogP contribution is 2.29. The molecule has 4 heteroatoms. The van der Waals surface area contributed by atoms with E-state index in [4.69, 9.17) is 4.74 Å². The summed E-state index contributed by atoms with van der Waals surface area (Å²) in [5.41, 5.74) is 1.61. The van der Waals surface area contributed by atoms with Gasteiger partial charge in [0.1, 0.15) is 0 Å². The van der Waals surface area contributed by atoms with Crippen LogP contribution in [0.15, 0.2) is 30.5 Å². The summed E-state index contributed by atoms with van der Waals surface area (Å²) in [6.45, 7) is 4.41. The van der Waals surface area contributed by atoms with Crippen molar-refractivity contribution < 1.29 is 9.53 Å². The summed E-state index contributed by atoms with van der Waals surface area (Å²) in [6.07, 6.45) is 2.77. The lowest BCUT2D eigenvalue weighted by Crippen LogP contribution is -2.37. The second kappa shape index (κ2) is 4.38. The fraction of sp³-hybridized carbons (Fsp3) is 0.400. The number of amides is 1. The average molecular weight is 258 g/mol. The molecule has 1 aliphatic heterocycles. The Hall–Kier alpha value is -1.81. The van der Waals surface area contributed by atoms with Crippen LogP contribution in [0.5, 0.6) is 0 Å². The van der Waals surface area contributed by atoms with Gasteiger partial charge in [0.2, 0.25) is 0 Å². The van der Waals surface area contributed by atoms with E-state index in [1.807, 2.05) is 25.3 Å². The lowest BCUT2D eigenvalue weighted by molar-refractivity contribution is -0.126. The molecule has 1 amide bonds. The number of carbonyl (C=O) groups excluding carboxylic acids is 1. The molecule has 2 N–H and O–H groups in total. The number of aromatic nitrogens is 1. The molecule has 0 bridgehead atoms. The molecule has 0 aliphatic carbocycles. The predicted octanol–water partition coefficient (Wildman–Crippen LogP) is 2.52. The first-order valence-corrected chi connectivity index (χ1v) is 6.65. The van der Waals surface area contributed by atoms with Gasteiger partial charge in [0, 0.05) is 6.20 Å². The molecule has 1 saturated heterocycles. The number of hydrogen-bond acceptors (Lipinski definition) is 2. The van der Waals surface area contributed by atoms with E-state index in [0.29, 0.717) is 6.61 Å². The molecule has 1 fully saturated rings. The first-order chi connectivity index (χ1) is 9.14. The molecule has 100 valence electrons. The van der Waals surface area contributed by atoms with Crippen molar-refractivity contribution in [2.45, 2.75) is 31.9 Å². The molecular formula is C15H18N2O2. The number of para-hydroxylation sites is 1. The van der Waals surface area contributed by atoms with Gasteiger partial charge < -0.3 is 15.0 Å². The number of benzene rings is 1. The Bertz CT molecular complexity index is 613. The maximum absolute atomic E-state index is 12.1. The Labute approximate surface area is 112 Å². The van der Waals surface area contributed by atoms with Crippen LogP contribution in [0.4, 0.5) is 0 Å². The van der Waals surface area contributed by atoms with Gasteiger partial charge >= 0.3 is 0 Å². The van der Waals surface area contributed by atoms with E-state index in [-0.39, 0.29) is 11.9 Å². The third-order valence-electron chi connectivity index (χ3n) is 3.77. The minimum atomic E-state index is -0.614. The zero-order valence-corrected chi connectivity index (χ0v) is 11.2. The molecule has 0 radical (unpaired) electrons. The fourth-order valence-corrected chi connectivity index (χ4v) is 2.35. The molecular weight excluding hydrogens is 240 g/mol.